The Morgan fingerprint density at radius 1 is 0.826 bits per heavy atom. The van der Waals surface area contributed by atoms with Crippen LogP contribution < -0.4 is 26.7 Å². The van der Waals surface area contributed by atoms with Crippen LogP contribution in [0.4, 0.5) is 18.9 Å². The van der Waals surface area contributed by atoms with Gasteiger partial charge in [0.2, 0.25) is 0 Å². The van der Waals surface area contributed by atoms with E-state index in [9.17, 15) is 13.2 Å². The maximum atomic E-state index is 13.1. The van der Waals surface area contributed by atoms with Crippen LogP contribution in [0, 0.1) is 0 Å². The van der Waals surface area contributed by atoms with Gasteiger partial charge in [0, 0.05) is 6.07 Å². The second-order valence-electron chi connectivity index (χ2n) is 5.07. The third-order valence-corrected chi connectivity index (χ3v) is 3.13. The molecule has 1 aromatic carbocycles. The van der Waals surface area contributed by atoms with Crippen molar-refractivity contribution in [3.63, 3.8) is 0 Å². The minimum atomic E-state index is -4.55. The standard InChI is InChI=1S/C15H24F3N3O2/c16-15(17,18)11-9-12(21)14(23-8-4-2-6-20)10-13(11)22-7-3-1-5-19/h9-10H,1-8,19-21H2. The van der Waals surface area contributed by atoms with Gasteiger partial charge in [-0.3, -0.25) is 0 Å². The molecule has 6 N–H and O–H groups in total. The van der Waals surface area contributed by atoms with Crippen LogP contribution in [0.25, 0.3) is 0 Å². The monoisotopic (exact) mass is 335 g/mol. The van der Waals surface area contributed by atoms with Crippen molar-refractivity contribution in [1.82, 2.24) is 0 Å². The van der Waals surface area contributed by atoms with Gasteiger partial charge in [-0.25, -0.2) is 0 Å². The summed E-state index contributed by atoms with van der Waals surface area (Å²) in [6, 6.07) is 2.04. The van der Waals surface area contributed by atoms with E-state index in [1.54, 1.807) is 0 Å². The molecule has 0 radical (unpaired) electrons. The molecule has 0 spiro atoms. The molecule has 0 amide bonds. The van der Waals surface area contributed by atoms with Crippen LogP contribution in [0.2, 0.25) is 0 Å². The van der Waals surface area contributed by atoms with Gasteiger partial charge in [-0.1, -0.05) is 0 Å². The lowest BCUT2D eigenvalue weighted by molar-refractivity contribution is -0.138. The average Bonchev–Trinajstić information content (AvgIpc) is 2.49. The molecule has 23 heavy (non-hydrogen) atoms. The maximum Gasteiger partial charge on any atom is 0.420 e. The van der Waals surface area contributed by atoms with Crippen LogP contribution in [-0.2, 0) is 6.18 Å². The zero-order chi connectivity index (χ0) is 17.3. The van der Waals surface area contributed by atoms with Crippen molar-refractivity contribution < 1.29 is 22.6 Å². The van der Waals surface area contributed by atoms with Gasteiger partial charge in [-0.2, -0.15) is 13.2 Å². The zero-order valence-corrected chi connectivity index (χ0v) is 13.0. The Morgan fingerprint density at radius 2 is 1.35 bits per heavy atom. The second-order valence-corrected chi connectivity index (χ2v) is 5.07. The van der Waals surface area contributed by atoms with Crippen molar-refractivity contribution in [2.75, 3.05) is 32.0 Å². The number of nitrogens with two attached hydrogens (primary N) is 3. The highest BCUT2D eigenvalue weighted by Crippen LogP contribution is 2.41. The average molecular weight is 335 g/mol. The molecule has 0 aromatic heterocycles. The third-order valence-electron chi connectivity index (χ3n) is 3.13. The molecule has 0 atom stereocenters. The Labute approximate surface area is 133 Å². The van der Waals surface area contributed by atoms with Crippen molar-refractivity contribution in [2.45, 2.75) is 31.9 Å². The van der Waals surface area contributed by atoms with Crippen LogP contribution in [0.3, 0.4) is 0 Å². The first-order valence-corrected chi connectivity index (χ1v) is 7.56. The SMILES string of the molecule is NCCCCOc1cc(OCCCCN)c(C(F)(F)F)cc1N. The van der Waals surface area contributed by atoms with E-state index >= 15 is 0 Å². The zero-order valence-electron chi connectivity index (χ0n) is 13.0. The Kier molecular flexibility index (Phi) is 7.97. The van der Waals surface area contributed by atoms with Crippen LogP contribution >= 0.6 is 0 Å². The number of halogens is 3. The van der Waals surface area contributed by atoms with Crippen molar-refractivity contribution in [2.24, 2.45) is 11.5 Å². The van der Waals surface area contributed by atoms with Crippen molar-refractivity contribution in [3.8, 4) is 11.5 Å². The first kappa shape index (κ1) is 19.4. The number of rotatable bonds is 10. The van der Waals surface area contributed by atoms with Gasteiger partial charge in [0.25, 0.3) is 0 Å². The Morgan fingerprint density at radius 3 is 1.83 bits per heavy atom. The first-order valence-electron chi connectivity index (χ1n) is 7.56. The number of anilines is 1. The summed E-state index contributed by atoms with van der Waals surface area (Å²) in [5, 5.41) is 0. The summed E-state index contributed by atoms with van der Waals surface area (Å²) < 4.78 is 49.9. The highest BCUT2D eigenvalue weighted by Gasteiger charge is 2.35. The molecule has 1 rings (SSSR count). The van der Waals surface area contributed by atoms with E-state index in [1.807, 2.05) is 0 Å². The summed E-state index contributed by atoms with van der Waals surface area (Å²) in [7, 11) is 0. The van der Waals surface area contributed by atoms with E-state index in [4.69, 9.17) is 26.7 Å². The fourth-order valence-corrected chi connectivity index (χ4v) is 1.90. The number of ether oxygens (including phenoxy) is 2. The van der Waals surface area contributed by atoms with Gasteiger partial charge in [-0.05, 0) is 44.8 Å². The summed E-state index contributed by atoms with van der Waals surface area (Å²) in [4.78, 5) is 0. The summed E-state index contributed by atoms with van der Waals surface area (Å²) >= 11 is 0. The van der Waals surface area contributed by atoms with Crippen LogP contribution in [0.15, 0.2) is 12.1 Å². The molecule has 8 heteroatoms. The van der Waals surface area contributed by atoms with Crippen molar-refractivity contribution >= 4 is 5.69 Å². The molecule has 0 bridgehead atoms. The molecular weight excluding hydrogens is 311 g/mol. The minimum absolute atomic E-state index is 0.0700. The Bertz CT molecular complexity index is 482. The fourth-order valence-electron chi connectivity index (χ4n) is 1.90. The van der Waals surface area contributed by atoms with E-state index in [0.717, 1.165) is 12.5 Å². The molecule has 0 saturated carbocycles. The van der Waals surface area contributed by atoms with E-state index in [2.05, 4.69) is 0 Å². The molecule has 0 aliphatic carbocycles. The van der Waals surface area contributed by atoms with E-state index in [1.165, 1.54) is 6.07 Å². The highest BCUT2D eigenvalue weighted by atomic mass is 19.4. The molecule has 132 valence electrons. The molecule has 1 aromatic rings. The van der Waals surface area contributed by atoms with Gasteiger partial charge in [0.15, 0.2) is 0 Å². The number of nitrogen functional groups attached to an aromatic ring is 1. The maximum absolute atomic E-state index is 13.1. The quantitative estimate of drug-likeness (QED) is 0.451. The fraction of sp³-hybridized carbons (Fsp3) is 0.600. The van der Waals surface area contributed by atoms with E-state index in [0.29, 0.717) is 39.0 Å². The van der Waals surface area contributed by atoms with Crippen molar-refractivity contribution in [1.29, 1.82) is 0 Å². The normalized spacial score (nSPS) is 11.5. The van der Waals surface area contributed by atoms with Crippen LogP contribution in [0.1, 0.15) is 31.2 Å². The highest BCUT2D eigenvalue weighted by molar-refractivity contribution is 5.60. The minimum Gasteiger partial charge on any atom is -0.493 e. The lowest BCUT2D eigenvalue weighted by Gasteiger charge is -2.17. The smallest absolute Gasteiger partial charge is 0.420 e. The predicted octanol–water partition coefficient (Wildman–Crippen LogP) is 2.52. The molecule has 0 fully saturated rings. The number of hydrogen-bond acceptors (Lipinski definition) is 5. The lowest BCUT2D eigenvalue weighted by Crippen LogP contribution is -2.12. The molecule has 0 heterocycles. The summed E-state index contributed by atoms with van der Waals surface area (Å²) in [5.74, 6) is -0.0959. The Balaban J connectivity index is 2.87. The van der Waals surface area contributed by atoms with Gasteiger partial charge in [-0.15, -0.1) is 0 Å². The van der Waals surface area contributed by atoms with Gasteiger partial charge < -0.3 is 26.7 Å². The number of benzene rings is 1. The third kappa shape index (κ3) is 6.54. The van der Waals surface area contributed by atoms with Crippen LogP contribution in [-0.4, -0.2) is 26.3 Å². The lowest BCUT2D eigenvalue weighted by atomic mass is 10.1. The molecule has 0 aliphatic rings. The second kappa shape index (κ2) is 9.46. The summed E-state index contributed by atoms with van der Waals surface area (Å²) in [6.45, 7) is 1.48. The molecule has 0 saturated heterocycles. The summed E-state index contributed by atoms with van der Waals surface area (Å²) in [6.07, 6.45) is -1.83. The largest absolute Gasteiger partial charge is 0.493 e. The van der Waals surface area contributed by atoms with E-state index < -0.39 is 11.7 Å². The molecule has 5 nitrogen and oxygen atoms in total. The topological polar surface area (TPSA) is 96.5 Å². The predicted molar refractivity (Wildman–Crippen MR) is 83.4 cm³/mol. The molecule has 0 unspecified atom stereocenters. The van der Waals surface area contributed by atoms with Crippen molar-refractivity contribution in [3.05, 3.63) is 17.7 Å². The first-order chi connectivity index (χ1) is 10.9. The van der Waals surface area contributed by atoms with Gasteiger partial charge >= 0.3 is 6.18 Å². The number of hydrogen-bond donors (Lipinski definition) is 3. The van der Waals surface area contributed by atoms with Gasteiger partial charge in [0.05, 0.1) is 24.5 Å². The Hall–Kier alpha value is -1.67. The van der Waals surface area contributed by atoms with E-state index in [-0.39, 0.29) is 23.8 Å². The molecule has 0 aliphatic heterocycles. The number of unbranched alkanes of at least 4 members (excludes halogenated alkanes) is 2. The van der Waals surface area contributed by atoms with Gasteiger partial charge in [0.1, 0.15) is 11.5 Å². The summed E-state index contributed by atoms with van der Waals surface area (Å²) in [5.41, 5.74) is 15.4. The molecular formula is C15H24F3N3O2. The number of alkyl halides is 3. The van der Waals surface area contributed by atoms with Crippen LogP contribution in [0.5, 0.6) is 11.5 Å².